The fourth-order valence-corrected chi connectivity index (χ4v) is 5.23. The average molecular weight is 586 g/mol. The summed E-state index contributed by atoms with van der Waals surface area (Å²) < 4.78 is 0. The Kier molecular flexibility index (Phi) is 9.94. The topological polar surface area (TPSA) is 103 Å². The summed E-state index contributed by atoms with van der Waals surface area (Å²) in [6, 6.07) is 23.6. The number of anilines is 3. The summed E-state index contributed by atoms with van der Waals surface area (Å²) in [6.45, 7) is 3.71. The number of hydrogen-bond donors (Lipinski definition) is 3. The van der Waals surface area contributed by atoms with Gasteiger partial charge < -0.3 is 20.9 Å². The van der Waals surface area contributed by atoms with Crippen molar-refractivity contribution in [3.8, 4) is 0 Å². The Morgan fingerprint density at radius 2 is 1.61 bits per heavy atom. The van der Waals surface area contributed by atoms with Crippen LogP contribution < -0.4 is 20.9 Å². The number of rotatable bonds is 10. The maximum Gasteiger partial charge on any atom is 0.272 e. The molecule has 0 saturated heterocycles. The number of aryl methyl sites for hydroxylation is 1. The Bertz CT molecular complexity index is 1530. The lowest BCUT2D eigenvalue weighted by Gasteiger charge is -2.14. The molecule has 10 heteroatoms. The Hall–Kier alpha value is -4.41. The third kappa shape index (κ3) is 8.54. The van der Waals surface area contributed by atoms with Crippen molar-refractivity contribution in [3.05, 3.63) is 107 Å². The predicted molar refractivity (Wildman–Crippen MR) is 169 cm³/mol. The fraction of sp³-hybridized carbons (Fsp3) is 0.161. The second-order valence-corrected chi connectivity index (χ2v) is 11.7. The van der Waals surface area contributed by atoms with Crippen LogP contribution in [-0.2, 0) is 9.59 Å². The molecule has 0 aliphatic heterocycles. The lowest BCUT2D eigenvalue weighted by atomic mass is 10.1. The summed E-state index contributed by atoms with van der Waals surface area (Å²) in [6.07, 6.45) is 1.64. The predicted octanol–water partition coefficient (Wildman–Crippen LogP) is 6.05. The molecule has 4 aromatic rings. The number of nitrogens with zero attached hydrogens (tertiary/aromatic N) is 2. The quantitative estimate of drug-likeness (QED) is 0.155. The number of thioether (sulfide) groups is 1. The molecule has 210 valence electrons. The maximum atomic E-state index is 13.3. The molecule has 41 heavy (non-hydrogen) atoms. The van der Waals surface area contributed by atoms with Crippen molar-refractivity contribution in [2.24, 2.45) is 0 Å². The third-order valence-electron chi connectivity index (χ3n) is 5.89. The molecule has 1 unspecified atom stereocenters. The molecule has 0 saturated carbocycles. The van der Waals surface area contributed by atoms with E-state index in [1.165, 1.54) is 23.1 Å². The third-order valence-corrected chi connectivity index (χ3v) is 7.88. The van der Waals surface area contributed by atoms with Gasteiger partial charge in [0.15, 0.2) is 5.13 Å². The second-order valence-electron chi connectivity index (χ2n) is 9.39. The van der Waals surface area contributed by atoms with Gasteiger partial charge in [0.2, 0.25) is 5.91 Å². The molecule has 1 aromatic heterocycles. The lowest BCUT2D eigenvalue weighted by molar-refractivity contribution is -0.115. The van der Waals surface area contributed by atoms with Crippen LogP contribution in [0.1, 0.15) is 28.5 Å². The zero-order valence-corrected chi connectivity index (χ0v) is 24.8. The minimum Gasteiger partial charge on any atom is -0.378 e. The number of aromatic nitrogens is 1. The van der Waals surface area contributed by atoms with E-state index >= 15 is 0 Å². The van der Waals surface area contributed by atoms with Crippen LogP contribution >= 0.6 is 23.1 Å². The molecule has 8 nitrogen and oxygen atoms in total. The fourth-order valence-electron chi connectivity index (χ4n) is 3.67. The van der Waals surface area contributed by atoms with Gasteiger partial charge in [-0.25, -0.2) is 4.98 Å². The van der Waals surface area contributed by atoms with Crippen molar-refractivity contribution in [2.75, 3.05) is 29.6 Å². The molecular formula is C31H31N5O3S2. The Morgan fingerprint density at radius 3 is 2.22 bits per heavy atom. The van der Waals surface area contributed by atoms with E-state index in [-0.39, 0.29) is 22.8 Å². The largest absolute Gasteiger partial charge is 0.378 e. The van der Waals surface area contributed by atoms with Gasteiger partial charge in [-0.05, 0) is 74.0 Å². The Labute approximate surface area is 247 Å². The number of benzene rings is 3. The van der Waals surface area contributed by atoms with Gasteiger partial charge in [-0.3, -0.25) is 14.4 Å². The normalized spacial score (nSPS) is 11.9. The maximum absolute atomic E-state index is 13.3. The van der Waals surface area contributed by atoms with Crippen LogP contribution in [-0.4, -0.2) is 42.1 Å². The van der Waals surface area contributed by atoms with Gasteiger partial charge in [-0.1, -0.05) is 30.3 Å². The van der Waals surface area contributed by atoms with E-state index in [2.05, 4.69) is 20.9 Å². The highest BCUT2D eigenvalue weighted by Gasteiger charge is 2.17. The summed E-state index contributed by atoms with van der Waals surface area (Å²) >= 11 is 2.79. The van der Waals surface area contributed by atoms with E-state index in [0.29, 0.717) is 16.4 Å². The highest BCUT2D eigenvalue weighted by molar-refractivity contribution is 8.00. The first-order chi connectivity index (χ1) is 19.7. The molecule has 0 aliphatic rings. The molecule has 3 amide bonds. The first-order valence-electron chi connectivity index (χ1n) is 12.8. The number of carbonyl (C=O) groups is 3. The number of thiazole rings is 1. The minimum atomic E-state index is -0.460. The van der Waals surface area contributed by atoms with Gasteiger partial charge in [0.1, 0.15) is 5.70 Å². The average Bonchev–Trinajstić information content (AvgIpc) is 3.38. The van der Waals surface area contributed by atoms with E-state index in [1.54, 1.807) is 42.5 Å². The van der Waals surface area contributed by atoms with Crippen molar-refractivity contribution in [1.29, 1.82) is 0 Å². The van der Waals surface area contributed by atoms with Gasteiger partial charge in [-0.2, -0.15) is 0 Å². The summed E-state index contributed by atoms with van der Waals surface area (Å²) in [7, 11) is 3.90. The van der Waals surface area contributed by atoms with E-state index in [0.717, 1.165) is 21.8 Å². The van der Waals surface area contributed by atoms with E-state index in [1.807, 2.05) is 80.7 Å². The minimum absolute atomic E-state index is 0.109. The summed E-state index contributed by atoms with van der Waals surface area (Å²) in [5.41, 5.74) is 3.75. The molecule has 3 N–H and O–H groups in total. The van der Waals surface area contributed by atoms with Crippen molar-refractivity contribution >= 4 is 63.4 Å². The molecular weight excluding hydrogens is 555 g/mol. The Morgan fingerprint density at radius 1 is 0.927 bits per heavy atom. The standard InChI is InChI=1S/C31H31N5O3S2/c1-20-19-40-31(32-20)35-28(37)21(2)41-26-16-12-24(13-17-26)33-30(39)27(34-29(38)23-8-6-5-7-9-23)18-22-10-14-25(15-11-22)36(3)4/h5-19,21H,1-4H3,(H,33,39)(H,34,38)(H,32,35,37)/b27-18-. The first-order valence-corrected chi connectivity index (χ1v) is 14.6. The van der Waals surface area contributed by atoms with Crippen LogP contribution in [0.2, 0.25) is 0 Å². The second kappa shape index (κ2) is 13.8. The zero-order chi connectivity index (χ0) is 29.4. The van der Waals surface area contributed by atoms with Crippen molar-refractivity contribution in [1.82, 2.24) is 10.3 Å². The van der Waals surface area contributed by atoms with Gasteiger partial charge in [0, 0.05) is 41.3 Å². The van der Waals surface area contributed by atoms with Crippen molar-refractivity contribution in [3.63, 3.8) is 0 Å². The van der Waals surface area contributed by atoms with Crippen molar-refractivity contribution in [2.45, 2.75) is 24.0 Å². The van der Waals surface area contributed by atoms with E-state index in [4.69, 9.17) is 0 Å². The molecule has 1 atom stereocenters. The first kappa shape index (κ1) is 29.6. The molecule has 0 bridgehead atoms. The van der Waals surface area contributed by atoms with Crippen LogP contribution in [0.3, 0.4) is 0 Å². The number of amides is 3. The summed E-state index contributed by atoms with van der Waals surface area (Å²) in [5, 5.41) is 10.6. The number of hydrogen-bond acceptors (Lipinski definition) is 7. The molecule has 0 fully saturated rings. The summed E-state index contributed by atoms with van der Waals surface area (Å²) in [5.74, 6) is -0.981. The highest BCUT2D eigenvalue weighted by atomic mass is 32.2. The Balaban J connectivity index is 1.45. The molecule has 0 aliphatic carbocycles. The zero-order valence-electron chi connectivity index (χ0n) is 23.2. The summed E-state index contributed by atoms with van der Waals surface area (Å²) in [4.78, 5) is 45.9. The van der Waals surface area contributed by atoms with E-state index < -0.39 is 5.91 Å². The van der Waals surface area contributed by atoms with Crippen LogP contribution in [0.15, 0.2) is 94.8 Å². The van der Waals surface area contributed by atoms with Gasteiger partial charge in [0.05, 0.1) is 10.9 Å². The van der Waals surface area contributed by atoms with Crippen LogP contribution in [0.25, 0.3) is 6.08 Å². The number of carbonyl (C=O) groups excluding carboxylic acids is 3. The van der Waals surface area contributed by atoms with Gasteiger partial charge in [0.25, 0.3) is 11.8 Å². The van der Waals surface area contributed by atoms with Crippen LogP contribution in [0.5, 0.6) is 0 Å². The molecule has 0 spiro atoms. The van der Waals surface area contributed by atoms with Gasteiger partial charge in [-0.15, -0.1) is 23.1 Å². The SMILES string of the molecule is Cc1csc(NC(=O)C(C)Sc2ccc(NC(=O)/C(=C/c3ccc(N(C)C)cc3)NC(=O)c3ccccc3)cc2)n1. The smallest absolute Gasteiger partial charge is 0.272 e. The monoisotopic (exact) mass is 585 g/mol. The van der Waals surface area contributed by atoms with Crippen LogP contribution in [0, 0.1) is 6.92 Å². The number of nitrogens with one attached hydrogen (secondary N) is 3. The highest BCUT2D eigenvalue weighted by Crippen LogP contribution is 2.26. The van der Waals surface area contributed by atoms with Crippen molar-refractivity contribution < 1.29 is 14.4 Å². The van der Waals surface area contributed by atoms with E-state index in [9.17, 15) is 14.4 Å². The van der Waals surface area contributed by atoms with Gasteiger partial charge >= 0.3 is 0 Å². The lowest BCUT2D eigenvalue weighted by Crippen LogP contribution is -2.30. The molecule has 4 rings (SSSR count). The molecule has 0 radical (unpaired) electrons. The molecule has 1 heterocycles. The molecule has 3 aromatic carbocycles. The van der Waals surface area contributed by atoms with Crippen LogP contribution in [0.4, 0.5) is 16.5 Å².